The number of hydrogen-bond donors (Lipinski definition) is 0. The van der Waals surface area contributed by atoms with E-state index in [9.17, 15) is 9.18 Å². The lowest BCUT2D eigenvalue weighted by Crippen LogP contribution is -1.94. The van der Waals surface area contributed by atoms with Crippen molar-refractivity contribution in [2.45, 2.75) is 0 Å². The monoisotopic (exact) mass is 160 g/mol. The first-order chi connectivity index (χ1) is 4.75. The second-order valence-corrected chi connectivity index (χ2v) is 1.84. The lowest BCUT2D eigenvalue weighted by molar-refractivity contribution is 0.111. The molecule has 1 aromatic rings. The number of aldehydes is 1. The summed E-state index contributed by atoms with van der Waals surface area (Å²) in [5.41, 5.74) is -0.319. The quantitative estimate of drug-likeness (QED) is 0.456. The Labute approximate surface area is 60.9 Å². The first kappa shape index (κ1) is 7.08. The zero-order valence-electron chi connectivity index (χ0n) is 4.71. The number of carbonyl (C=O) groups is 1. The molecule has 0 N–H and O–H groups in total. The Balaban J connectivity index is 3.27. The van der Waals surface area contributed by atoms with Gasteiger partial charge in [-0.3, -0.25) is 4.79 Å². The molecule has 0 unspecified atom stereocenters. The van der Waals surface area contributed by atoms with Crippen LogP contribution < -0.4 is 0 Å². The molecule has 0 bridgehead atoms. The molecule has 0 aliphatic heterocycles. The molecule has 1 rings (SSSR count). The van der Waals surface area contributed by atoms with Gasteiger partial charge in [-0.25, -0.2) is 14.4 Å². The number of aromatic nitrogens is 2. The molecule has 0 saturated heterocycles. The second-order valence-electron chi connectivity index (χ2n) is 1.48. The molecule has 0 spiro atoms. The summed E-state index contributed by atoms with van der Waals surface area (Å²) in [6, 6.07) is 0. The number of rotatable bonds is 1. The zero-order chi connectivity index (χ0) is 7.56. The Morgan fingerprint density at radius 3 is 2.80 bits per heavy atom. The van der Waals surface area contributed by atoms with Gasteiger partial charge in [0.25, 0.3) is 0 Å². The maximum atomic E-state index is 12.5. The van der Waals surface area contributed by atoms with Crippen molar-refractivity contribution in [2.75, 3.05) is 0 Å². The molecular weight excluding hydrogens is 159 g/mol. The highest BCUT2D eigenvalue weighted by atomic mass is 35.5. The summed E-state index contributed by atoms with van der Waals surface area (Å²) in [6.45, 7) is 0. The van der Waals surface area contributed by atoms with Crippen molar-refractivity contribution in [1.82, 2.24) is 9.97 Å². The highest BCUT2D eigenvalue weighted by molar-refractivity contribution is 6.29. The Hall–Kier alpha value is -1.03. The molecule has 5 heteroatoms. The van der Waals surface area contributed by atoms with Crippen LogP contribution in [0.15, 0.2) is 6.33 Å². The fraction of sp³-hybridized carbons (Fsp3) is 0. The third-order valence-corrected chi connectivity index (χ3v) is 1.15. The molecule has 0 atom stereocenters. The summed E-state index contributed by atoms with van der Waals surface area (Å²) in [6.07, 6.45) is 1.30. The van der Waals surface area contributed by atoms with E-state index in [0.29, 0.717) is 0 Å². The van der Waals surface area contributed by atoms with Gasteiger partial charge in [0.1, 0.15) is 12.0 Å². The molecule has 1 aromatic heterocycles. The van der Waals surface area contributed by atoms with E-state index < -0.39 is 5.82 Å². The number of hydrogen-bond acceptors (Lipinski definition) is 3. The SMILES string of the molecule is O=Cc1ncnc(Cl)c1F. The third-order valence-electron chi connectivity index (χ3n) is 0.886. The van der Waals surface area contributed by atoms with Crippen LogP contribution in [-0.4, -0.2) is 16.3 Å². The van der Waals surface area contributed by atoms with E-state index in [4.69, 9.17) is 11.6 Å². The lowest BCUT2D eigenvalue weighted by atomic mass is 10.4. The maximum absolute atomic E-state index is 12.5. The molecule has 3 nitrogen and oxygen atoms in total. The Kier molecular flexibility index (Phi) is 1.91. The van der Waals surface area contributed by atoms with Gasteiger partial charge >= 0.3 is 0 Å². The van der Waals surface area contributed by atoms with Gasteiger partial charge in [0, 0.05) is 0 Å². The Morgan fingerprint density at radius 1 is 1.60 bits per heavy atom. The lowest BCUT2D eigenvalue weighted by Gasteiger charge is -1.91. The molecule has 52 valence electrons. The summed E-state index contributed by atoms with van der Waals surface area (Å²) < 4.78 is 12.5. The number of halogens is 2. The molecule has 10 heavy (non-hydrogen) atoms. The van der Waals surface area contributed by atoms with Crippen molar-refractivity contribution in [1.29, 1.82) is 0 Å². The van der Waals surface area contributed by atoms with E-state index in [1.54, 1.807) is 0 Å². The summed E-state index contributed by atoms with van der Waals surface area (Å²) in [4.78, 5) is 16.6. The zero-order valence-corrected chi connectivity index (χ0v) is 5.47. The van der Waals surface area contributed by atoms with Crippen molar-refractivity contribution >= 4 is 17.9 Å². The number of carbonyl (C=O) groups excluding carboxylic acids is 1. The third kappa shape index (κ3) is 1.11. The van der Waals surface area contributed by atoms with Crippen molar-refractivity contribution in [3.05, 3.63) is 23.0 Å². The van der Waals surface area contributed by atoms with Crippen LogP contribution >= 0.6 is 11.6 Å². The Morgan fingerprint density at radius 2 is 2.30 bits per heavy atom. The minimum absolute atomic E-state index is 0.281. The van der Waals surface area contributed by atoms with Crippen LogP contribution in [0.25, 0.3) is 0 Å². The van der Waals surface area contributed by atoms with Crippen LogP contribution in [0.3, 0.4) is 0 Å². The minimum Gasteiger partial charge on any atom is -0.296 e. The van der Waals surface area contributed by atoms with Crippen molar-refractivity contribution < 1.29 is 9.18 Å². The topological polar surface area (TPSA) is 42.9 Å². The summed E-state index contributed by atoms with van der Waals surface area (Å²) >= 11 is 5.21. The van der Waals surface area contributed by atoms with Crippen LogP contribution in [0.2, 0.25) is 5.15 Å². The smallest absolute Gasteiger partial charge is 0.189 e. The molecule has 0 amide bonds. The van der Waals surface area contributed by atoms with Gasteiger partial charge in [-0.15, -0.1) is 0 Å². The van der Waals surface area contributed by atoms with Crippen molar-refractivity contribution in [3.63, 3.8) is 0 Å². The van der Waals surface area contributed by atoms with E-state index in [0.717, 1.165) is 6.33 Å². The molecule has 0 aromatic carbocycles. The van der Waals surface area contributed by atoms with E-state index >= 15 is 0 Å². The van der Waals surface area contributed by atoms with E-state index in [2.05, 4.69) is 9.97 Å². The average Bonchev–Trinajstić information content (AvgIpc) is 1.95. The van der Waals surface area contributed by atoms with Crippen LogP contribution in [-0.2, 0) is 0 Å². The predicted octanol–water partition coefficient (Wildman–Crippen LogP) is 1.08. The highest BCUT2D eigenvalue weighted by Gasteiger charge is 2.06. The van der Waals surface area contributed by atoms with E-state index in [1.807, 2.05) is 0 Å². The van der Waals surface area contributed by atoms with Gasteiger partial charge in [0.15, 0.2) is 17.3 Å². The van der Waals surface area contributed by atoms with Gasteiger partial charge in [0.05, 0.1) is 0 Å². The molecule has 0 radical (unpaired) electrons. The number of nitrogens with zero attached hydrogens (tertiary/aromatic N) is 2. The van der Waals surface area contributed by atoms with Gasteiger partial charge < -0.3 is 0 Å². The normalized spacial score (nSPS) is 9.40. The van der Waals surface area contributed by atoms with Crippen LogP contribution in [0.5, 0.6) is 0 Å². The van der Waals surface area contributed by atoms with Crippen molar-refractivity contribution in [2.24, 2.45) is 0 Å². The molecular formula is C5H2ClFN2O. The fourth-order valence-corrected chi connectivity index (χ4v) is 0.583. The fourth-order valence-electron chi connectivity index (χ4n) is 0.443. The maximum Gasteiger partial charge on any atom is 0.189 e. The van der Waals surface area contributed by atoms with Gasteiger partial charge in [-0.1, -0.05) is 11.6 Å². The summed E-state index contributed by atoms with van der Waals surface area (Å²) in [5.74, 6) is -0.876. The summed E-state index contributed by atoms with van der Waals surface area (Å²) in [7, 11) is 0. The standard InChI is InChI=1S/C5H2ClFN2O/c6-5-4(7)3(1-10)8-2-9-5/h1-2H. The van der Waals surface area contributed by atoms with Crippen LogP contribution in [0.1, 0.15) is 10.5 Å². The first-order valence-corrected chi connectivity index (χ1v) is 2.74. The molecule has 0 saturated carbocycles. The largest absolute Gasteiger partial charge is 0.296 e. The average molecular weight is 161 g/mol. The second kappa shape index (κ2) is 2.70. The predicted molar refractivity (Wildman–Crippen MR) is 32.4 cm³/mol. The summed E-state index contributed by atoms with van der Waals surface area (Å²) in [5, 5.41) is -0.336. The van der Waals surface area contributed by atoms with E-state index in [-0.39, 0.29) is 17.1 Å². The van der Waals surface area contributed by atoms with Crippen molar-refractivity contribution in [3.8, 4) is 0 Å². The van der Waals surface area contributed by atoms with Crippen LogP contribution in [0, 0.1) is 5.82 Å². The first-order valence-electron chi connectivity index (χ1n) is 2.37. The van der Waals surface area contributed by atoms with Gasteiger partial charge in [-0.2, -0.15) is 0 Å². The highest BCUT2D eigenvalue weighted by Crippen LogP contribution is 2.10. The van der Waals surface area contributed by atoms with Gasteiger partial charge in [-0.05, 0) is 0 Å². The van der Waals surface area contributed by atoms with E-state index in [1.165, 1.54) is 0 Å². The van der Waals surface area contributed by atoms with Crippen LogP contribution in [0.4, 0.5) is 4.39 Å². The molecule has 0 aliphatic carbocycles. The Bertz CT molecular complexity index is 266. The van der Waals surface area contributed by atoms with Gasteiger partial charge in [0.2, 0.25) is 0 Å². The molecule has 1 heterocycles. The molecule has 0 fully saturated rings. The minimum atomic E-state index is -0.876. The molecule has 0 aliphatic rings.